The quantitative estimate of drug-likeness (QED) is 0.673. The summed E-state index contributed by atoms with van der Waals surface area (Å²) >= 11 is 0. The molecule has 0 saturated carbocycles. The topological polar surface area (TPSA) is 72.6 Å². The van der Waals surface area contributed by atoms with E-state index in [4.69, 9.17) is 10.3 Å². The number of hydrogen-bond donors (Lipinski definition) is 1. The zero-order valence-corrected chi connectivity index (χ0v) is 9.38. The van der Waals surface area contributed by atoms with Crippen molar-refractivity contribution < 1.29 is 13.9 Å². The SMILES string of the molecule is CC(C)OP(C)(=O)N(C)CC(N)=O. The van der Waals surface area contributed by atoms with Crippen LogP contribution in [0.15, 0.2) is 0 Å². The van der Waals surface area contributed by atoms with Gasteiger partial charge in [0, 0.05) is 6.66 Å². The van der Waals surface area contributed by atoms with Gasteiger partial charge in [-0.15, -0.1) is 0 Å². The third-order valence-corrected chi connectivity index (χ3v) is 3.61. The molecule has 1 unspecified atom stereocenters. The Morgan fingerprint density at radius 2 is 2.08 bits per heavy atom. The second-order valence-corrected chi connectivity index (χ2v) is 5.74. The molecule has 1 atom stereocenters. The largest absolute Gasteiger partial charge is 0.369 e. The summed E-state index contributed by atoms with van der Waals surface area (Å²) < 4.78 is 18.3. The van der Waals surface area contributed by atoms with E-state index < -0.39 is 13.4 Å². The second-order valence-electron chi connectivity index (χ2n) is 3.24. The highest BCUT2D eigenvalue weighted by atomic mass is 31.2. The summed E-state index contributed by atoms with van der Waals surface area (Å²) in [4.78, 5) is 10.5. The lowest BCUT2D eigenvalue weighted by Crippen LogP contribution is -2.29. The molecule has 0 aliphatic rings. The van der Waals surface area contributed by atoms with Gasteiger partial charge in [0.15, 0.2) is 0 Å². The first-order valence-electron chi connectivity index (χ1n) is 4.01. The van der Waals surface area contributed by atoms with Crippen LogP contribution < -0.4 is 5.73 Å². The van der Waals surface area contributed by atoms with Crippen molar-refractivity contribution >= 4 is 13.4 Å². The number of carbonyl (C=O) groups is 1. The third kappa shape index (κ3) is 5.03. The van der Waals surface area contributed by atoms with Crippen LogP contribution in [-0.2, 0) is 13.9 Å². The summed E-state index contributed by atoms with van der Waals surface area (Å²) in [6.45, 7) is 4.99. The van der Waals surface area contributed by atoms with Gasteiger partial charge in [-0.3, -0.25) is 9.36 Å². The molecular formula is C7H17N2O3P. The molecule has 5 nitrogen and oxygen atoms in total. The van der Waals surface area contributed by atoms with E-state index in [1.54, 1.807) is 20.9 Å². The van der Waals surface area contributed by atoms with Crippen LogP contribution >= 0.6 is 7.52 Å². The Morgan fingerprint density at radius 3 is 2.38 bits per heavy atom. The van der Waals surface area contributed by atoms with Gasteiger partial charge in [0.05, 0.1) is 12.6 Å². The molecular weight excluding hydrogens is 191 g/mol. The van der Waals surface area contributed by atoms with Gasteiger partial charge in [-0.2, -0.15) is 0 Å². The summed E-state index contributed by atoms with van der Waals surface area (Å²) in [6.07, 6.45) is -0.133. The van der Waals surface area contributed by atoms with Crippen LogP contribution in [-0.4, -0.2) is 36.9 Å². The molecule has 13 heavy (non-hydrogen) atoms. The Bertz CT molecular complexity index is 230. The van der Waals surface area contributed by atoms with Gasteiger partial charge in [0.1, 0.15) is 0 Å². The first-order chi connectivity index (χ1) is 5.75. The molecule has 0 rings (SSSR count). The molecule has 0 saturated heterocycles. The van der Waals surface area contributed by atoms with Gasteiger partial charge in [-0.05, 0) is 20.9 Å². The van der Waals surface area contributed by atoms with Crippen molar-refractivity contribution in [3.63, 3.8) is 0 Å². The van der Waals surface area contributed by atoms with Gasteiger partial charge < -0.3 is 10.3 Å². The van der Waals surface area contributed by atoms with Gasteiger partial charge >= 0.3 is 0 Å². The molecule has 6 heteroatoms. The Kier molecular flexibility index (Phi) is 4.61. The zero-order valence-electron chi connectivity index (χ0n) is 8.48. The molecule has 0 aliphatic carbocycles. The normalized spacial score (nSPS) is 16.2. The average Bonchev–Trinajstić information content (AvgIpc) is 1.81. The minimum Gasteiger partial charge on any atom is -0.369 e. The van der Waals surface area contributed by atoms with Crippen molar-refractivity contribution in [3.8, 4) is 0 Å². The monoisotopic (exact) mass is 208 g/mol. The molecule has 0 aromatic carbocycles. The number of nitrogens with zero attached hydrogens (tertiary/aromatic N) is 1. The molecule has 0 radical (unpaired) electrons. The Hall–Kier alpha value is -0.380. The van der Waals surface area contributed by atoms with Crippen LogP contribution in [0.5, 0.6) is 0 Å². The fraction of sp³-hybridized carbons (Fsp3) is 0.857. The Morgan fingerprint density at radius 1 is 1.62 bits per heavy atom. The van der Waals surface area contributed by atoms with E-state index in [-0.39, 0.29) is 12.6 Å². The molecule has 1 amide bonds. The van der Waals surface area contributed by atoms with Gasteiger partial charge in [0.25, 0.3) is 7.52 Å². The predicted octanol–water partition coefficient (Wildman–Crippen LogP) is 0.651. The van der Waals surface area contributed by atoms with Crippen LogP contribution in [0.25, 0.3) is 0 Å². The minimum atomic E-state index is -2.86. The fourth-order valence-corrected chi connectivity index (χ4v) is 2.17. The van der Waals surface area contributed by atoms with Gasteiger partial charge in [0.2, 0.25) is 5.91 Å². The van der Waals surface area contributed by atoms with Crippen LogP contribution in [0, 0.1) is 0 Å². The number of carbonyl (C=O) groups excluding carboxylic acids is 1. The van der Waals surface area contributed by atoms with E-state index in [2.05, 4.69) is 0 Å². The number of hydrogen-bond acceptors (Lipinski definition) is 3. The Labute approximate surface area is 78.7 Å². The van der Waals surface area contributed by atoms with Gasteiger partial charge in [-0.25, -0.2) is 4.67 Å². The van der Waals surface area contributed by atoms with E-state index in [1.807, 2.05) is 0 Å². The number of rotatable bonds is 5. The minimum absolute atomic E-state index is 0.0551. The summed E-state index contributed by atoms with van der Waals surface area (Å²) in [6, 6.07) is 0. The first-order valence-corrected chi connectivity index (χ1v) is 6.04. The fourth-order valence-electron chi connectivity index (χ4n) is 0.826. The molecule has 78 valence electrons. The molecule has 0 aromatic rings. The van der Waals surface area contributed by atoms with Crippen molar-refractivity contribution in [2.75, 3.05) is 20.3 Å². The number of likely N-dealkylation sites (N-methyl/N-ethyl adjacent to an activating group) is 1. The summed E-state index contributed by atoms with van der Waals surface area (Å²) in [5, 5.41) is 0. The molecule has 2 N–H and O–H groups in total. The van der Waals surface area contributed by atoms with Crippen LogP contribution in [0.3, 0.4) is 0 Å². The summed E-state index contributed by atoms with van der Waals surface area (Å²) in [5.74, 6) is -0.517. The average molecular weight is 208 g/mol. The number of amides is 1. The van der Waals surface area contributed by atoms with Crippen LogP contribution in [0.2, 0.25) is 0 Å². The maximum absolute atomic E-state index is 11.8. The molecule has 0 spiro atoms. The number of primary amides is 1. The lowest BCUT2D eigenvalue weighted by molar-refractivity contribution is -0.118. The van der Waals surface area contributed by atoms with Crippen molar-refractivity contribution in [2.45, 2.75) is 20.0 Å². The molecule has 0 aliphatic heterocycles. The lowest BCUT2D eigenvalue weighted by atomic mass is 10.5. The highest BCUT2D eigenvalue weighted by molar-refractivity contribution is 7.55. The van der Waals surface area contributed by atoms with Crippen molar-refractivity contribution in [3.05, 3.63) is 0 Å². The maximum Gasteiger partial charge on any atom is 0.269 e. The third-order valence-electron chi connectivity index (χ3n) is 1.41. The predicted molar refractivity (Wildman–Crippen MR) is 51.6 cm³/mol. The molecule has 0 aromatic heterocycles. The summed E-state index contributed by atoms with van der Waals surface area (Å²) in [5.41, 5.74) is 4.96. The molecule has 0 heterocycles. The van der Waals surface area contributed by atoms with Crippen molar-refractivity contribution in [2.24, 2.45) is 5.73 Å². The molecule has 0 fully saturated rings. The van der Waals surface area contributed by atoms with Crippen molar-refractivity contribution in [1.82, 2.24) is 4.67 Å². The van der Waals surface area contributed by atoms with E-state index in [0.717, 1.165) is 0 Å². The first kappa shape index (κ1) is 12.6. The highest BCUT2D eigenvalue weighted by Crippen LogP contribution is 2.46. The van der Waals surface area contributed by atoms with Crippen LogP contribution in [0.4, 0.5) is 0 Å². The van der Waals surface area contributed by atoms with E-state index in [9.17, 15) is 9.36 Å². The van der Waals surface area contributed by atoms with Gasteiger partial charge in [-0.1, -0.05) is 0 Å². The van der Waals surface area contributed by atoms with E-state index >= 15 is 0 Å². The van der Waals surface area contributed by atoms with E-state index in [0.29, 0.717) is 0 Å². The lowest BCUT2D eigenvalue weighted by Gasteiger charge is -2.24. The zero-order chi connectivity index (χ0) is 10.6. The molecule has 0 bridgehead atoms. The smallest absolute Gasteiger partial charge is 0.269 e. The van der Waals surface area contributed by atoms with Crippen LogP contribution in [0.1, 0.15) is 13.8 Å². The highest BCUT2D eigenvalue weighted by Gasteiger charge is 2.24. The standard InChI is InChI=1S/C7H17N2O3P/c1-6(2)12-13(4,11)9(3)5-7(8)10/h6H,5H2,1-4H3,(H2,8,10). The number of nitrogens with two attached hydrogens (primary N) is 1. The van der Waals surface area contributed by atoms with Crippen molar-refractivity contribution in [1.29, 1.82) is 0 Å². The maximum atomic E-state index is 11.8. The Balaban J connectivity index is 4.27. The van der Waals surface area contributed by atoms with E-state index in [1.165, 1.54) is 11.3 Å². The second kappa shape index (κ2) is 4.74. The summed E-state index contributed by atoms with van der Waals surface area (Å²) in [7, 11) is -1.31.